The summed E-state index contributed by atoms with van der Waals surface area (Å²) in [5.74, 6) is 0.669. The van der Waals surface area contributed by atoms with Crippen molar-refractivity contribution in [3.63, 3.8) is 0 Å². The van der Waals surface area contributed by atoms with Crippen LogP contribution >= 0.6 is 15.9 Å². The van der Waals surface area contributed by atoms with Gasteiger partial charge in [-0.2, -0.15) is 0 Å². The molecule has 2 N–H and O–H groups in total. The lowest BCUT2D eigenvalue weighted by Crippen LogP contribution is -1.94. The molecule has 0 bridgehead atoms. The van der Waals surface area contributed by atoms with Crippen LogP contribution in [-0.4, -0.2) is 9.97 Å². The first kappa shape index (κ1) is 9.92. The summed E-state index contributed by atoms with van der Waals surface area (Å²) in [6.45, 7) is 0. The SMILES string of the molecule is Nc1cnc(Oc2ccccc2Br)nc1. The van der Waals surface area contributed by atoms with Gasteiger partial charge in [-0.05, 0) is 28.1 Å². The van der Waals surface area contributed by atoms with E-state index in [9.17, 15) is 0 Å². The van der Waals surface area contributed by atoms with E-state index in [1.54, 1.807) is 0 Å². The Morgan fingerprint density at radius 1 is 1.13 bits per heavy atom. The largest absolute Gasteiger partial charge is 0.423 e. The number of aromatic nitrogens is 2. The van der Waals surface area contributed by atoms with Gasteiger partial charge in [0.1, 0.15) is 5.75 Å². The fourth-order valence-electron chi connectivity index (χ4n) is 1.00. The predicted molar refractivity (Wildman–Crippen MR) is 60.7 cm³/mol. The van der Waals surface area contributed by atoms with Gasteiger partial charge in [-0.3, -0.25) is 0 Å². The molecule has 0 unspecified atom stereocenters. The van der Waals surface area contributed by atoms with Gasteiger partial charge in [0.25, 0.3) is 0 Å². The molecule has 15 heavy (non-hydrogen) atoms. The zero-order valence-electron chi connectivity index (χ0n) is 7.72. The molecule has 0 saturated heterocycles. The molecule has 1 aromatic carbocycles. The fourth-order valence-corrected chi connectivity index (χ4v) is 1.37. The second-order valence-electron chi connectivity index (χ2n) is 2.83. The number of hydrogen-bond donors (Lipinski definition) is 1. The molecule has 0 aliphatic rings. The summed E-state index contributed by atoms with van der Waals surface area (Å²) in [4.78, 5) is 7.87. The number of halogens is 1. The first-order chi connectivity index (χ1) is 7.25. The average molecular weight is 266 g/mol. The maximum atomic E-state index is 5.46. The molecule has 0 spiro atoms. The zero-order valence-corrected chi connectivity index (χ0v) is 9.31. The van der Waals surface area contributed by atoms with E-state index in [1.807, 2.05) is 24.3 Å². The lowest BCUT2D eigenvalue weighted by atomic mass is 10.3. The van der Waals surface area contributed by atoms with E-state index in [0.717, 1.165) is 4.47 Å². The van der Waals surface area contributed by atoms with Crippen molar-refractivity contribution in [2.75, 3.05) is 5.73 Å². The Morgan fingerprint density at radius 2 is 1.80 bits per heavy atom. The van der Waals surface area contributed by atoms with Crippen molar-refractivity contribution in [2.24, 2.45) is 0 Å². The zero-order chi connectivity index (χ0) is 10.7. The Labute approximate surface area is 95.2 Å². The lowest BCUT2D eigenvalue weighted by Gasteiger charge is -2.04. The van der Waals surface area contributed by atoms with Crippen molar-refractivity contribution < 1.29 is 4.74 Å². The van der Waals surface area contributed by atoms with Crippen LogP contribution in [0.5, 0.6) is 11.8 Å². The molecule has 2 rings (SSSR count). The molecule has 0 saturated carbocycles. The van der Waals surface area contributed by atoms with Gasteiger partial charge in [-0.25, -0.2) is 9.97 Å². The third-order valence-electron chi connectivity index (χ3n) is 1.69. The Bertz CT molecular complexity index is 458. The Kier molecular flexibility index (Phi) is 2.82. The van der Waals surface area contributed by atoms with Crippen LogP contribution in [0.15, 0.2) is 41.1 Å². The molecule has 0 fully saturated rings. The number of ether oxygens (including phenoxy) is 1. The smallest absolute Gasteiger partial charge is 0.322 e. The number of rotatable bonds is 2. The number of anilines is 1. The summed E-state index contributed by atoms with van der Waals surface area (Å²) in [6, 6.07) is 7.75. The summed E-state index contributed by atoms with van der Waals surface area (Å²) in [5, 5.41) is 0. The third kappa shape index (κ3) is 2.44. The van der Waals surface area contributed by atoms with Crippen LogP contribution in [0.2, 0.25) is 0 Å². The molecule has 0 aliphatic carbocycles. The summed E-state index contributed by atoms with van der Waals surface area (Å²) in [5.41, 5.74) is 5.97. The van der Waals surface area contributed by atoms with Gasteiger partial charge in [0.05, 0.1) is 22.6 Å². The van der Waals surface area contributed by atoms with E-state index in [0.29, 0.717) is 11.4 Å². The van der Waals surface area contributed by atoms with Gasteiger partial charge in [0.2, 0.25) is 0 Å². The van der Waals surface area contributed by atoms with Crippen molar-refractivity contribution in [2.45, 2.75) is 0 Å². The van der Waals surface area contributed by atoms with E-state index >= 15 is 0 Å². The number of nitrogens with zero attached hydrogens (tertiary/aromatic N) is 2. The van der Waals surface area contributed by atoms with Crippen molar-refractivity contribution >= 4 is 21.6 Å². The number of nitrogen functional groups attached to an aromatic ring is 1. The first-order valence-electron chi connectivity index (χ1n) is 4.25. The molecule has 0 atom stereocenters. The van der Waals surface area contributed by atoms with Crippen LogP contribution in [0, 0.1) is 0 Å². The van der Waals surface area contributed by atoms with Crippen LogP contribution in [0.3, 0.4) is 0 Å². The minimum Gasteiger partial charge on any atom is -0.423 e. The monoisotopic (exact) mass is 265 g/mol. The number of hydrogen-bond acceptors (Lipinski definition) is 4. The first-order valence-corrected chi connectivity index (χ1v) is 5.05. The number of para-hydroxylation sites is 1. The normalized spacial score (nSPS) is 9.93. The van der Waals surface area contributed by atoms with Crippen molar-refractivity contribution in [3.8, 4) is 11.8 Å². The Balaban J connectivity index is 2.22. The maximum Gasteiger partial charge on any atom is 0.322 e. The number of nitrogens with two attached hydrogens (primary N) is 1. The lowest BCUT2D eigenvalue weighted by molar-refractivity contribution is 0.439. The minimum absolute atomic E-state index is 0.274. The number of benzene rings is 1. The van der Waals surface area contributed by atoms with E-state index in [1.165, 1.54) is 12.4 Å². The molecular formula is C10H8BrN3O. The van der Waals surface area contributed by atoms with Gasteiger partial charge < -0.3 is 10.5 Å². The van der Waals surface area contributed by atoms with Gasteiger partial charge in [0, 0.05) is 0 Å². The van der Waals surface area contributed by atoms with Gasteiger partial charge in [-0.1, -0.05) is 12.1 Å². The van der Waals surface area contributed by atoms with Crippen molar-refractivity contribution in [1.29, 1.82) is 0 Å². The van der Waals surface area contributed by atoms with E-state index in [-0.39, 0.29) is 6.01 Å². The van der Waals surface area contributed by atoms with Crippen molar-refractivity contribution in [3.05, 3.63) is 41.1 Å². The third-order valence-corrected chi connectivity index (χ3v) is 2.34. The van der Waals surface area contributed by atoms with E-state index in [4.69, 9.17) is 10.5 Å². The van der Waals surface area contributed by atoms with Gasteiger partial charge in [-0.15, -0.1) is 0 Å². The maximum absolute atomic E-state index is 5.46. The highest BCUT2D eigenvalue weighted by atomic mass is 79.9. The molecule has 0 radical (unpaired) electrons. The standard InChI is InChI=1S/C10H8BrN3O/c11-8-3-1-2-4-9(8)15-10-13-5-7(12)6-14-10/h1-6H,12H2. The van der Waals surface area contributed by atoms with Crippen LogP contribution < -0.4 is 10.5 Å². The summed E-state index contributed by atoms with van der Waals surface area (Å²) < 4.78 is 6.29. The highest BCUT2D eigenvalue weighted by Gasteiger charge is 2.02. The molecule has 76 valence electrons. The fraction of sp³-hybridized carbons (Fsp3) is 0. The van der Waals surface area contributed by atoms with Crippen LogP contribution in [-0.2, 0) is 0 Å². The molecule has 1 heterocycles. The molecule has 0 aliphatic heterocycles. The summed E-state index contributed by atoms with van der Waals surface area (Å²) >= 11 is 3.36. The second kappa shape index (κ2) is 4.27. The average Bonchev–Trinajstić information content (AvgIpc) is 2.25. The minimum atomic E-state index is 0.274. The van der Waals surface area contributed by atoms with Gasteiger partial charge >= 0.3 is 6.01 Å². The molecule has 5 heteroatoms. The quantitative estimate of drug-likeness (QED) is 0.907. The molecule has 4 nitrogen and oxygen atoms in total. The predicted octanol–water partition coefficient (Wildman–Crippen LogP) is 2.61. The molecule has 0 amide bonds. The van der Waals surface area contributed by atoms with E-state index in [2.05, 4.69) is 25.9 Å². The highest BCUT2D eigenvalue weighted by Crippen LogP contribution is 2.27. The van der Waals surface area contributed by atoms with Crippen LogP contribution in [0.4, 0.5) is 5.69 Å². The van der Waals surface area contributed by atoms with E-state index < -0.39 is 0 Å². The van der Waals surface area contributed by atoms with Crippen LogP contribution in [0.1, 0.15) is 0 Å². The highest BCUT2D eigenvalue weighted by molar-refractivity contribution is 9.10. The summed E-state index contributed by atoms with van der Waals surface area (Å²) in [7, 11) is 0. The topological polar surface area (TPSA) is 61.0 Å². The van der Waals surface area contributed by atoms with Crippen molar-refractivity contribution in [1.82, 2.24) is 9.97 Å². The Morgan fingerprint density at radius 3 is 2.47 bits per heavy atom. The molecule has 2 aromatic rings. The Hall–Kier alpha value is -1.62. The molecular weight excluding hydrogens is 258 g/mol. The molecule has 1 aromatic heterocycles. The summed E-state index contributed by atoms with van der Waals surface area (Å²) in [6.07, 6.45) is 3.00. The van der Waals surface area contributed by atoms with Gasteiger partial charge in [0.15, 0.2) is 0 Å². The second-order valence-corrected chi connectivity index (χ2v) is 3.69. The van der Waals surface area contributed by atoms with Crippen LogP contribution in [0.25, 0.3) is 0 Å².